The SMILES string of the molecule is CCC(C)(CC(C)(CC(C)(C)C(=O)O)C(=O)OC)C(=O)NCC(C)(C)C. The van der Waals surface area contributed by atoms with Gasteiger partial charge in [0.1, 0.15) is 0 Å². The van der Waals surface area contributed by atoms with Crippen LogP contribution in [0.1, 0.15) is 74.7 Å². The van der Waals surface area contributed by atoms with Gasteiger partial charge < -0.3 is 15.2 Å². The van der Waals surface area contributed by atoms with Gasteiger partial charge in [-0.1, -0.05) is 34.6 Å². The van der Waals surface area contributed by atoms with E-state index in [4.69, 9.17) is 4.74 Å². The average molecular weight is 372 g/mol. The van der Waals surface area contributed by atoms with Crippen molar-refractivity contribution in [3.05, 3.63) is 0 Å². The number of carbonyl (C=O) groups excluding carboxylic acids is 2. The average Bonchev–Trinajstić information content (AvgIpc) is 2.49. The highest BCUT2D eigenvalue weighted by molar-refractivity contribution is 5.84. The van der Waals surface area contributed by atoms with E-state index in [9.17, 15) is 19.5 Å². The number of carboxylic acid groups (broad SMARTS) is 1. The predicted octanol–water partition coefficient (Wildman–Crippen LogP) is 3.64. The molecule has 0 spiro atoms. The monoisotopic (exact) mass is 371 g/mol. The predicted molar refractivity (Wildman–Crippen MR) is 102 cm³/mol. The fourth-order valence-corrected chi connectivity index (χ4v) is 3.29. The van der Waals surface area contributed by atoms with Gasteiger partial charge >= 0.3 is 11.9 Å². The number of amides is 1. The molecule has 2 atom stereocenters. The van der Waals surface area contributed by atoms with Crippen LogP contribution in [0, 0.1) is 21.7 Å². The van der Waals surface area contributed by atoms with Gasteiger partial charge in [-0.2, -0.15) is 0 Å². The molecule has 2 N–H and O–H groups in total. The van der Waals surface area contributed by atoms with Gasteiger partial charge in [0.15, 0.2) is 0 Å². The van der Waals surface area contributed by atoms with Gasteiger partial charge in [0.2, 0.25) is 5.91 Å². The van der Waals surface area contributed by atoms with Crippen LogP contribution in [0.5, 0.6) is 0 Å². The summed E-state index contributed by atoms with van der Waals surface area (Å²) in [4.78, 5) is 36.9. The molecule has 0 fully saturated rings. The van der Waals surface area contributed by atoms with E-state index in [-0.39, 0.29) is 24.2 Å². The summed E-state index contributed by atoms with van der Waals surface area (Å²) in [6.45, 7) is 15.2. The van der Waals surface area contributed by atoms with Crippen LogP contribution in [0.3, 0.4) is 0 Å². The second-order valence-electron chi connectivity index (χ2n) is 9.75. The molecule has 0 aliphatic carbocycles. The minimum Gasteiger partial charge on any atom is -0.481 e. The molecule has 1 amide bonds. The van der Waals surface area contributed by atoms with Gasteiger partial charge in [-0.25, -0.2) is 0 Å². The van der Waals surface area contributed by atoms with Crippen molar-refractivity contribution in [2.24, 2.45) is 21.7 Å². The number of carboxylic acids is 1. The minimum absolute atomic E-state index is 0.0543. The molecule has 0 aliphatic rings. The molecular formula is C20H37NO5. The molecular weight excluding hydrogens is 334 g/mol. The van der Waals surface area contributed by atoms with Gasteiger partial charge in [-0.3, -0.25) is 14.4 Å². The Bertz CT molecular complexity index is 535. The smallest absolute Gasteiger partial charge is 0.311 e. The Labute approximate surface area is 158 Å². The number of carbonyl (C=O) groups is 3. The second kappa shape index (κ2) is 8.40. The minimum atomic E-state index is -1.11. The highest BCUT2D eigenvalue weighted by atomic mass is 16.5. The van der Waals surface area contributed by atoms with Crippen LogP contribution in [0.15, 0.2) is 0 Å². The molecule has 152 valence electrons. The lowest BCUT2D eigenvalue weighted by molar-refractivity contribution is -0.161. The third-order valence-electron chi connectivity index (χ3n) is 4.98. The third kappa shape index (κ3) is 6.61. The van der Waals surface area contributed by atoms with E-state index in [0.717, 1.165) is 0 Å². The second-order valence-corrected chi connectivity index (χ2v) is 9.75. The van der Waals surface area contributed by atoms with Crippen LogP contribution >= 0.6 is 0 Å². The van der Waals surface area contributed by atoms with E-state index in [2.05, 4.69) is 5.32 Å². The normalized spacial score (nSPS) is 17.0. The summed E-state index contributed by atoms with van der Waals surface area (Å²) in [7, 11) is 1.29. The molecule has 2 unspecified atom stereocenters. The first-order chi connectivity index (χ1) is 11.5. The summed E-state index contributed by atoms with van der Waals surface area (Å²) in [5.74, 6) is -1.60. The molecule has 0 saturated heterocycles. The fraction of sp³-hybridized carbons (Fsp3) is 0.850. The molecule has 6 heteroatoms. The molecule has 6 nitrogen and oxygen atoms in total. The van der Waals surface area contributed by atoms with E-state index in [0.29, 0.717) is 13.0 Å². The Morgan fingerprint density at radius 3 is 1.77 bits per heavy atom. The summed E-state index contributed by atoms with van der Waals surface area (Å²) in [5.41, 5.74) is -3.05. The molecule has 0 bridgehead atoms. The van der Waals surface area contributed by atoms with E-state index < -0.39 is 28.2 Å². The summed E-state index contributed by atoms with van der Waals surface area (Å²) in [6, 6.07) is 0. The van der Waals surface area contributed by atoms with Crippen LogP contribution in [-0.4, -0.2) is 36.6 Å². The first kappa shape index (κ1) is 24.4. The Morgan fingerprint density at radius 2 is 1.42 bits per heavy atom. The molecule has 26 heavy (non-hydrogen) atoms. The van der Waals surface area contributed by atoms with Gasteiger partial charge in [0, 0.05) is 12.0 Å². The number of aliphatic carboxylic acids is 1. The van der Waals surface area contributed by atoms with E-state index >= 15 is 0 Å². The van der Waals surface area contributed by atoms with Crippen LogP contribution in [0.2, 0.25) is 0 Å². The van der Waals surface area contributed by atoms with Crippen LogP contribution in [-0.2, 0) is 19.1 Å². The van der Waals surface area contributed by atoms with Crippen molar-refractivity contribution >= 4 is 17.8 Å². The fourth-order valence-electron chi connectivity index (χ4n) is 3.29. The highest BCUT2D eigenvalue weighted by Gasteiger charge is 2.48. The van der Waals surface area contributed by atoms with Gasteiger partial charge in [-0.15, -0.1) is 0 Å². The molecule has 0 aliphatic heterocycles. The zero-order valence-corrected chi connectivity index (χ0v) is 17.9. The van der Waals surface area contributed by atoms with Crippen molar-refractivity contribution in [2.75, 3.05) is 13.7 Å². The first-order valence-corrected chi connectivity index (χ1v) is 9.13. The number of hydrogen-bond acceptors (Lipinski definition) is 4. The lowest BCUT2D eigenvalue weighted by Gasteiger charge is -2.39. The van der Waals surface area contributed by atoms with Crippen LogP contribution in [0.4, 0.5) is 0 Å². The zero-order valence-electron chi connectivity index (χ0n) is 17.9. The lowest BCUT2D eigenvalue weighted by Crippen LogP contribution is -2.47. The lowest BCUT2D eigenvalue weighted by atomic mass is 9.64. The molecule has 0 heterocycles. The van der Waals surface area contributed by atoms with Crippen molar-refractivity contribution in [1.82, 2.24) is 5.32 Å². The number of nitrogens with one attached hydrogen (secondary N) is 1. The van der Waals surface area contributed by atoms with Crippen molar-refractivity contribution < 1.29 is 24.2 Å². The number of esters is 1. The maximum atomic E-state index is 12.9. The summed E-state index contributed by atoms with van der Waals surface area (Å²) >= 11 is 0. The van der Waals surface area contributed by atoms with Crippen molar-refractivity contribution in [2.45, 2.75) is 74.7 Å². The number of ether oxygens (including phenoxy) is 1. The van der Waals surface area contributed by atoms with E-state index in [1.54, 1.807) is 20.8 Å². The first-order valence-electron chi connectivity index (χ1n) is 9.13. The molecule has 0 radical (unpaired) electrons. The Hall–Kier alpha value is -1.59. The zero-order chi connectivity index (χ0) is 21.0. The highest BCUT2D eigenvalue weighted by Crippen LogP contribution is 2.45. The Balaban J connectivity index is 5.66. The molecule has 0 aromatic rings. The molecule has 0 saturated carbocycles. The summed E-state index contributed by atoms with van der Waals surface area (Å²) < 4.78 is 4.96. The maximum absolute atomic E-state index is 12.9. The quantitative estimate of drug-likeness (QED) is 0.604. The Morgan fingerprint density at radius 1 is 0.923 bits per heavy atom. The maximum Gasteiger partial charge on any atom is 0.311 e. The number of hydrogen-bond donors (Lipinski definition) is 2. The Kier molecular flexibility index (Phi) is 7.89. The summed E-state index contributed by atoms with van der Waals surface area (Å²) in [6.07, 6.45) is 0.836. The largest absolute Gasteiger partial charge is 0.481 e. The van der Waals surface area contributed by atoms with E-state index in [1.807, 2.05) is 34.6 Å². The third-order valence-corrected chi connectivity index (χ3v) is 4.98. The van der Waals surface area contributed by atoms with Gasteiger partial charge in [0.05, 0.1) is 17.9 Å². The molecule has 0 aromatic carbocycles. The van der Waals surface area contributed by atoms with Crippen LogP contribution < -0.4 is 5.32 Å². The molecule has 0 rings (SSSR count). The van der Waals surface area contributed by atoms with Crippen LogP contribution in [0.25, 0.3) is 0 Å². The summed E-state index contributed by atoms with van der Waals surface area (Å²) in [5, 5.41) is 12.4. The van der Waals surface area contributed by atoms with Crippen molar-refractivity contribution in [3.8, 4) is 0 Å². The number of rotatable bonds is 9. The van der Waals surface area contributed by atoms with E-state index in [1.165, 1.54) is 7.11 Å². The molecule has 0 aromatic heterocycles. The number of methoxy groups -OCH3 is 1. The van der Waals surface area contributed by atoms with Crippen molar-refractivity contribution in [1.29, 1.82) is 0 Å². The van der Waals surface area contributed by atoms with Crippen molar-refractivity contribution in [3.63, 3.8) is 0 Å². The topological polar surface area (TPSA) is 92.7 Å². The van der Waals surface area contributed by atoms with Gasteiger partial charge in [-0.05, 0) is 45.4 Å². The standard InChI is InChI=1S/C20H37NO5/c1-10-19(7,14(22)21-13-17(2,3)4)12-20(8,16(25)26-9)11-18(5,6)15(23)24/h10-13H2,1-9H3,(H,21,22)(H,23,24). The van der Waals surface area contributed by atoms with Gasteiger partial charge in [0.25, 0.3) is 0 Å².